The highest BCUT2D eigenvalue weighted by Gasteiger charge is 2.12. The van der Waals surface area contributed by atoms with Crippen LogP contribution in [0.1, 0.15) is 25.0 Å². The van der Waals surface area contributed by atoms with Crippen LogP contribution in [0.25, 0.3) is 10.6 Å². The van der Waals surface area contributed by atoms with Crippen molar-refractivity contribution in [1.82, 2.24) is 9.97 Å². The molecule has 0 radical (unpaired) electrons. The Hall–Kier alpha value is -1.73. The summed E-state index contributed by atoms with van der Waals surface area (Å²) in [5, 5.41) is 11.8. The number of nitrogens with zero attached hydrogens (tertiary/aromatic N) is 3. The molecule has 2 aromatic heterocycles. The third kappa shape index (κ3) is 2.10. The van der Waals surface area contributed by atoms with Crippen molar-refractivity contribution in [3.05, 3.63) is 35.6 Å². The van der Waals surface area contributed by atoms with Crippen LogP contribution < -0.4 is 0 Å². The lowest BCUT2D eigenvalue weighted by molar-refractivity contribution is 0.795. The largest absolute Gasteiger partial charge is 0.264 e. The average molecular weight is 229 g/mol. The second kappa shape index (κ2) is 4.86. The SMILES string of the molecule is CCC(C#N)c1csc(-c2cccnc2)n1. The fraction of sp³-hybridized carbons (Fsp3) is 0.250. The van der Waals surface area contributed by atoms with Crippen molar-refractivity contribution in [3.63, 3.8) is 0 Å². The number of thiazole rings is 1. The summed E-state index contributed by atoms with van der Waals surface area (Å²) in [6.45, 7) is 2.00. The Labute approximate surface area is 98.4 Å². The van der Waals surface area contributed by atoms with Crippen molar-refractivity contribution in [2.45, 2.75) is 19.3 Å². The summed E-state index contributed by atoms with van der Waals surface area (Å²) >= 11 is 1.56. The van der Waals surface area contributed by atoms with Gasteiger partial charge < -0.3 is 0 Å². The van der Waals surface area contributed by atoms with Crippen LogP contribution in [0, 0.1) is 11.3 Å². The predicted molar refractivity (Wildman–Crippen MR) is 64.0 cm³/mol. The van der Waals surface area contributed by atoms with Gasteiger partial charge in [-0.25, -0.2) is 4.98 Å². The van der Waals surface area contributed by atoms with Gasteiger partial charge in [-0.05, 0) is 18.6 Å². The third-order valence-corrected chi connectivity index (χ3v) is 3.26. The summed E-state index contributed by atoms with van der Waals surface area (Å²) in [5.41, 5.74) is 1.88. The first-order valence-corrected chi connectivity index (χ1v) is 5.98. The van der Waals surface area contributed by atoms with Gasteiger partial charge in [0.05, 0.1) is 17.7 Å². The smallest absolute Gasteiger partial charge is 0.125 e. The molecule has 3 nitrogen and oxygen atoms in total. The molecule has 2 aromatic rings. The molecular formula is C12H11N3S. The fourth-order valence-electron chi connectivity index (χ4n) is 1.43. The van der Waals surface area contributed by atoms with Gasteiger partial charge >= 0.3 is 0 Å². The van der Waals surface area contributed by atoms with Crippen LogP contribution in [0.3, 0.4) is 0 Å². The van der Waals surface area contributed by atoms with Gasteiger partial charge in [-0.1, -0.05) is 6.92 Å². The van der Waals surface area contributed by atoms with Crippen molar-refractivity contribution in [2.75, 3.05) is 0 Å². The number of hydrogen-bond acceptors (Lipinski definition) is 4. The molecule has 0 N–H and O–H groups in total. The lowest BCUT2D eigenvalue weighted by Gasteiger charge is -1.99. The highest BCUT2D eigenvalue weighted by atomic mass is 32.1. The maximum absolute atomic E-state index is 8.96. The minimum Gasteiger partial charge on any atom is -0.264 e. The Bertz CT molecular complexity index is 498. The van der Waals surface area contributed by atoms with E-state index in [4.69, 9.17) is 5.26 Å². The van der Waals surface area contributed by atoms with E-state index >= 15 is 0 Å². The molecule has 0 saturated carbocycles. The van der Waals surface area contributed by atoms with Crippen LogP contribution in [-0.4, -0.2) is 9.97 Å². The van der Waals surface area contributed by atoms with Gasteiger partial charge in [0.15, 0.2) is 0 Å². The van der Waals surface area contributed by atoms with E-state index in [2.05, 4.69) is 16.0 Å². The summed E-state index contributed by atoms with van der Waals surface area (Å²) in [6.07, 6.45) is 4.32. The molecule has 0 aromatic carbocycles. The van der Waals surface area contributed by atoms with Gasteiger partial charge in [0.2, 0.25) is 0 Å². The molecule has 0 fully saturated rings. The van der Waals surface area contributed by atoms with Crippen molar-refractivity contribution in [3.8, 4) is 16.6 Å². The molecule has 0 aliphatic heterocycles. The van der Waals surface area contributed by atoms with E-state index in [-0.39, 0.29) is 5.92 Å². The fourth-order valence-corrected chi connectivity index (χ4v) is 2.30. The first kappa shape index (κ1) is 10.8. The molecule has 0 aliphatic rings. The molecule has 0 spiro atoms. The molecule has 4 heteroatoms. The highest BCUT2D eigenvalue weighted by molar-refractivity contribution is 7.13. The van der Waals surface area contributed by atoms with E-state index in [1.54, 1.807) is 23.7 Å². The van der Waals surface area contributed by atoms with Crippen molar-refractivity contribution < 1.29 is 0 Å². The topological polar surface area (TPSA) is 49.6 Å². The van der Waals surface area contributed by atoms with Crippen LogP contribution >= 0.6 is 11.3 Å². The molecule has 1 atom stereocenters. The van der Waals surface area contributed by atoms with E-state index in [1.807, 2.05) is 24.4 Å². The van der Waals surface area contributed by atoms with Crippen LogP contribution in [0.2, 0.25) is 0 Å². The van der Waals surface area contributed by atoms with E-state index < -0.39 is 0 Å². The number of pyridine rings is 1. The number of rotatable bonds is 3. The molecule has 16 heavy (non-hydrogen) atoms. The highest BCUT2D eigenvalue weighted by Crippen LogP contribution is 2.27. The van der Waals surface area contributed by atoms with Gasteiger partial charge in [-0.2, -0.15) is 5.26 Å². The molecule has 0 saturated heterocycles. The maximum atomic E-state index is 8.96. The molecule has 1 unspecified atom stereocenters. The summed E-state index contributed by atoms with van der Waals surface area (Å²) in [5.74, 6) is -0.0957. The van der Waals surface area contributed by atoms with Gasteiger partial charge in [0, 0.05) is 23.3 Å². The second-order valence-electron chi connectivity index (χ2n) is 3.41. The summed E-state index contributed by atoms with van der Waals surface area (Å²) < 4.78 is 0. The monoisotopic (exact) mass is 229 g/mol. The van der Waals surface area contributed by atoms with Gasteiger partial charge in [0.1, 0.15) is 5.01 Å². The minimum absolute atomic E-state index is 0.0957. The Balaban J connectivity index is 2.30. The lowest BCUT2D eigenvalue weighted by Crippen LogP contribution is -1.93. The Morgan fingerprint density at radius 3 is 3.06 bits per heavy atom. The zero-order valence-corrected chi connectivity index (χ0v) is 9.74. The van der Waals surface area contributed by atoms with Gasteiger partial charge in [-0.15, -0.1) is 11.3 Å². The summed E-state index contributed by atoms with van der Waals surface area (Å²) in [4.78, 5) is 8.54. The predicted octanol–water partition coefficient (Wildman–Crippen LogP) is 3.22. The van der Waals surface area contributed by atoms with Crippen molar-refractivity contribution in [1.29, 1.82) is 5.26 Å². The Morgan fingerprint density at radius 2 is 2.44 bits per heavy atom. The average Bonchev–Trinajstić information content (AvgIpc) is 2.81. The molecule has 0 aliphatic carbocycles. The number of hydrogen-bond donors (Lipinski definition) is 0. The first-order chi connectivity index (χ1) is 7.85. The molecular weight excluding hydrogens is 218 g/mol. The Morgan fingerprint density at radius 1 is 1.56 bits per heavy atom. The molecule has 80 valence electrons. The first-order valence-electron chi connectivity index (χ1n) is 5.10. The van der Waals surface area contributed by atoms with Crippen LogP contribution in [0.15, 0.2) is 29.9 Å². The standard InChI is InChI=1S/C12H11N3S/c1-2-9(6-13)11-8-16-12(15-11)10-4-3-5-14-7-10/h3-5,7-9H,2H2,1H3. The number of nitriles is 1. The zero-order chi connectivity index (χ0) is 11.4. The van der Waals surface area contributed by atoms with E-state index in [0.29, 0.717) is 0 Å². The number of aromatic nitrogens is 2. The van der Waals surface area contributed by atoms with Crippen molar-refractivity contribution in [2.24, 2.45) is 0 Å². The van der Waals surface area contributed by atoms with Crippen LogP contribution in [0.5, 0.6) is 0 Å². The van der Waals surface area contributed by atoms with E-state index in [9.17, 15) is 0 Å². The van der Waals surface area contributed by atoms with Gasteiger partial charge in [-0.3, -0.25) is 4.98 Å². The van der Waals surface area contributed by atoms with E-state index in [1.165, 1.54) is 0 Å². The molecule has 2 rings (SSSR count). The van der Waals surface area contributed by atoms with Crippen LogP contribution in [-0.2, 0) is 0 Å². The molecule has 0 bridgehead atoms. The minimum atomic E-state index is -0.0957. The molecule has 2 heterocycles. The molecule has 0 amide bonds. The lowest BCUT2D eigenvalue weighted by atomic mass is 10.1. The van der Waals surface area contributed by atoms with Crippen LogP contribution in [0.4, 0.5) is 0 Å². The normalized spacial score (nSPS) is 12.0. The summed E-state index contributed by atoms with van der Waals surface area (Å²) in [7, 11) is 0. The third-order valence-electron chi connectivity index (χ3n) is 2.35. The second-order valence-corrected chi connectivity index (χ2v) is 4.27. The zero-order valence-electron chi connectivity index (χ0n) is 8.92. The quantitative estimate of drug-likeness (QED) is 0.812. The summed E-state index contributed by atoms with van der Waals surface area (Å²) in [6, 6.07) is 6.12. The Kier molecular flexibility index (Phi) is 3.28. The van der Waals surface area contributed by atoms with Crippen molar-refractivity contribution >= 4 is 11.3 Å². The maximum Gasteiger partial charge on any atom is 0.125 e. The van der Waals surface area contributed by atoms with Gasteiger partial charge in [0.25, 0.3) is 0 Å². The van der Waals surface area contributed by atoms with E-state index in [0.717, 1.165) is 22.7 Å².